The number of amides is 1. The summed E-state index contributed by atoms with van der Waals surface area (Å²) in [6.07, 6.45) is 1.37. The van der Waals surface area contributed by atoms with E-state index < -0.39 is 15.4 Å². The number of anilines is 1. The molecule has 0 aromatic heterocycles. The van der Waals surface area contributed by atoms with Crippen LogP contribution in [-0.2, 0) is 14.6 Å². The number of rotatable bonds is 3. The lowest BCUT2D eigenvalue weighted by Gasteiger charge is -2.42. The Bertz CT molecular complexity index is 1070. The smallest absolute Gasteiger partial charge is 0.410 e. The predicted molar refractivity (Wildman–Crippen MR) is 122 cm³/mol. The van der Waals surface area contributed by atoms with E-state index in [1.807, 2.05) is 26.8 Å². The predicted octanol–water partition coefficient (Wildman–Crippen LogP) is 4.12. The molecule has 0 radical (unpaired) electrons. The maximum atomic E-state index is 13.0. The van der Waals surface area contributed by atoms with Crippen LogP contribution in [0.25, 0.3) is 0 Å². The minimum atomic E-state index is -3.60. The fraction of sp³-hybridized carbons (Fsp3) is 0.458. The van der Waals surface area contributed by atoms with Crippen molar-refractivity contribution < 1.29 is 22.7 Å². The zero-order valence-corrected chi connectivity index (χ0v) is 19.6. The number of hydrogen-bond acceptors (Lipinski definition) is 6. The molecule has 7 nitrogen and oxygen atoms in total. The van der Waals surface area contributed by atoms with Gasteiger partial charge in [0.1, 0.15) is 18.0 Å². The van der Waals surface area contributed by atoms with Crippen LogP contribution in [0.2, 0.25) is 0 Å². The molecular formula is C24H30N2O5S. The van der Waals surface area contributed by atoms with Gasteiger partial charge in [0.25, 0.3) is 0 Å². The molecule has 8 heteroatoms. The van der Waals surface area contributed by atoms with Crippen molar-refractivity contribution in [3.63, 3.8) is 0 Å². The van der Waals surface area contributed by atoms with Crippen LogP contribution < -0.4 is 9.64 Å². The van der Waals surface area contributed by atoms with E-state index in [4.69, 9.17) is 9.47 Å². The molecule has 1 fully saturated rings. The van der Waals surface area contributed by atoms with Gasteiger partial charge in [0.15, 0.2) is 0 Å². The highest BCUT2D eigenvalue weighted by Gasteiger charge is 2.32. The molecule has 172 valence electrons. The second kappa shape index (κ2) is 8.65. The molecule has 2 aliphatic heterocycles. The highest BCUT2D eigenvalue weighted by atomic mass is 32.2. The molecule has 0 atom stereocenters. The topological polar surface area (TPSA) is 76.2 Å². The van der Waals surface area contributed by atoms with Crippen LogP contribution in [0, 0.1) is 0 Å². The lowest BCUT2D eigenvalue weighted by molar-refractivity contribution is 0.0203. The van der Waals surface area contributed by atoms with Gasteiger partial charge in [0.2, 0.25) is 9.84 Å². The van der Waals surface area contributed by atoms with E-state index in [1.165, 1.54) is 0 Å². The molecule has 1 amide bonds. The first-order chi connectivity index (χ1) is 15.1. The molecule has 0 N–H and O–H groups in total. The first-order valence-corrected chi connectivity index (χ1v) is 12.4. The normalized spacial score (nSPS) is 17.5. The number of piperidine rings is 1. The summed E-state index contributed by atoms with van der Waals surface area (Å²) in [4.78, 5) is 16.9. The summed E-state index contributed by atoms with van der Waals surface area (Å²) in [5.41, 5.74) is 0.397. The van der Waals surface area contributed by atoms with Crippen molar-refractivity contribution >= 4 is 21.6 Å². The van der Waals surface area contributed by atoms with Gasteiger partial charge in [-0.15, -0.1) is 0 Å². The summed E-state index contributed by atoms with van der Waals surface area (Å²) in [7, 11) is -3.60. The zero-order valence-electron chi connectivity index (χ0n) is 18.8. The number of nitrogens with zero attached hydrogens (tertiary/aromatic N) is 2. The number of benzene rings is 2. The number of carbonyl (C=O) groups is 1. The van der Waals surface area contributed by atoms with Crippen LogP contribution in [0.1, 0.15) is 33.6 Å². The SMILES string of the molecule is CC(C)(C)OC(=O)N1CCC(N2CCOc3cc(S(=O)(=O)c4ccccc4)ccc32)CC1. The third-order valence-electron chi connectivity index (χ3n) is 5.75. The Balaban J connectivity index is 1.49. The lowest BCUT2D eigenvalue weighted by Crippen LogP contribution is -2.50. The first kappa shape index (κ1) is 22.5. The quantitative estimate of drug-likeness (QED) is 0.689. The van der Waals surface area contributed by atoms with Gasteiger partial charge in [-0.2, -0.15) is 0 Å². The van der Waals surface area contributed by atoms with E-state index in [-0.39, 0.29) is 21.9 Å². The highest BCUT2D eigenvalue weighted by Crippen LogP contribution is 2.37. The molecule has 2 heterocycles. The summed E-state index contributed by atoms with van der Waals surface area (Å²) >= 11 is 0. The Morgan fingerprint density at radius 2 is 1.69 bits per heavy atom. The van der Waals surface area contributed by atoms with Gasteiger partial charge in [-0.1, -0.05) is 18.2 Å². The molecule has 0 saturated carbocycles. The maximum Gasteiger partial charge on any atom is 0.410 e. The lowest BCUT2D eigenvalue weighted by atomic mass is 10.0. The molecule has 4 rings (SSSR count). The van der Waals surface area contributed by atoms with Crippen LogP contribution in [0.4, 0.5) is 10.5 Å². The van der Waals surface area contributed by atoms with Crippen molar-refractivity contribution in [2.45, 2.75) is 55.0 Å². The molecule has 32 heavy (non-hydrogen) atoms. The van der Waals surface area contributed by atoms with Crippen molar-refractivity contribution in [2.75, 3.05) is 31.1 Å². The average Bonchev–Trinajstić information content (AvgIpc) is 2.78. The van der Waals surface area contributed by atoms with Gasteiger partial charge < -0.3 is 19.3 Å². The van der Waals surface area contributed by atoms with Crippen LogP contribution in [0.3, 0.4) is 0 Å². The number of carbonyl (C=O) groups excluding carboxylic acids is 1. The van der Waals surface area contributed by atoms with Crippen LogP contribution in [0.15, 0.2) is 58.3 Å². The Hall–Kier alpha value is -2.74. The van der Waals surface area contributed by atoms with Crippen LogP contribution in [0.5, 0.6) is 5.75 Å². The van der Waals surface area contributed by atoms with Gasteiger partial charge in [-0.05, 0) is 57.9 Å². The second-order valence-corrected chi connectivity index (χ2v) is 11.1. The van der Waals surface area contributed by atoms with Gasteiger partial charge in [0.05, 0.1) is 22.0 Å². The standard InChI is InChI=1S/C24H30N2O5S/c1-24(2,3)31-23(27)25-13-11-18(12-14-25)26-15-16-30-22-17-20(9-10-21(22)26)32(28,29)19-7-5-4-6-8-19/h4-10,17-18H,11-16H2,1-3H3. The second-order valence-electron chi connectivity index (χ2n) is 9.19. The number of fused-ring (bicyclic) bond motifs is 1. The Labute approximate surface area is 189 Å². The Morgan fingerprint density at radius 3 is 2.34 bits per heavy atom. The van der Waals surface area contributed by atoms with Gasteiger partial charge in [-0.25, -0.2) is 13.2 Å². The third kappa shape index (κ3) is 4.70. The fourth-order valence-corrected chi connectivity index (χ4v) is 5.49. The molecule has 2 aliphatic rings. The van der Waals surface area contributed by atoms with Gasteiger partial charge in [0, 0.05) is 25.2 Å². The highest BCUT2D eigenvalue weighted by molar-refractivity contribution is 7.91. The van der Waals surface area contributed by atoms with Crippen molar-refractivity contribution in [3.05, 3.63) is 48.5 Å². The molecule has 0 aliphatic carbocycles. The van der Waals surface area contributed by atoms with Crippen LogP contribution in [-0.4, -0.2) is 57.3 Å². The Kier molecular flexibility index (Phi) is 6.07. The summed E-state index contributed by atoms with van der Waals surface area (Å²) in [6.45, 7) is 8.10. The number of likely N-dealkylation sites (tertiary alicyclic amines) is 1. The van der Waals surface area contributed by atoms with Crippen molar-refractivity contribution in [1.29, 1.82) is 0 Å². The molecule has 2 aromatic carbocycles. The molecular weight excluding hydrogens is 428 g/mol. The number of sulfone groups is 1. The molecule has 0 spiro atoms. The fourth-order valence-electron chi connectivity index (χ4n) is 4.19. The minimum Gasteiger partial charge on any atom is -0.490 e. The van der Waals surface area contributed by atoms with Crippen molar-refractivity contribution in [3.8, 4) is 5.75 Å². The molecule has 2 aromatic rings. The van der Waals surface area contributed by atoms with Gasteiger partial charge >= 0.3 is 6.09 Å². The largest absolute Gasteiger partial charge is 0.490 e. The molecule has 0 bridgehead atoms. The summed E-state index contributed by atoms with van der Waals surface area (Å²) in [5, 5.41) is 0. The average molecular weight is 459 g/mol. The van der Waals surface area contributed by atoms with Gasteiger partial charge in [-0.3, -0.25) is 0 Å². The summed E-state index contributed by atoms with van der Waals surface area (Å²) in [6, 6.07) is 13.8. The summed E-state index contributed by atoms with van der Waals surface area (Å²) < 4.78 is 37.3. The third-order valence-corrected chi connectivity index (χ3v) is 7.52. The molecule has 1 saturated heterocycles. The van der Waals surface area contributed by atoms with Crippen molar-refractivity contribution in [2.24, 2.45) is 0 Å². The monoisotopic (exact) mass is 458 g/mol. The number of hydrogen-bond donors (Lipinski definition) is 0. The summed E-state index contributed by atoms with van der Waals surface area (Å²) in [5.74, 6) is 0.586. The van der Waals surface area contributed by atoms with Crippen LogP contribution >= 0.6 is 0 Å². The van der Waals surface area contributed by atoms with E-state index in [0.29, 0.717) is 25.4 Å². The van der Waals surface area contributed by atoms with E-state index in [9.17, 15) is 13.2 Å². The Morgan fingerprint density at radius 1 is 1.00 bits per heavy atom. The van der Waals surface area contributed by atoms with Crippen molar-refractivity contribution in [1.82, 2.24) is 4.90 Å². The maximum absolute atomic E-state index is 13.0. The van der Waals surface area contributed by atoms with E-state index in [2.05, 4.69) is 4.90 Å². The minimum absolute atomic E-state index is 0.226. The number of ether oxygens (including phenoxy) is 2. The molecule has 0 unspecified atom stereocenters. The first-order valence-electron chi connectivity index (χ1n) is 11.0. The van der Waals surface area contributed by atoms with E-state index >= 15 is 0 Å². The van der Waals surface area contributed by atoms with E-state index in [1.54, 1.807) is 47.4 Å². The van der Waals surface area contributed by atoms with E-state index in [0.717, 1.165) is 25.1 Å². The zero-order chi connectivity index (χ0) is 22.9.